The molecule has 0 fully saturated rings. The van der Waals surface area contributed by atoms with Gasteiger partial charge < -0.3 is 0 Å². The van der Waals surface area contributed by atoms with Crippen LogP contribution in [0.2, 0.25) is 5.02 Å². The lowest BCUT2D eigenvalue weighted by Crippen LogP contribution is -2.18. The quantitative estimate of drug-likeness (QED) is 0.554. The third kappa shape index (κ3) is 3.59. The van der Waals surface area contributed by atoms with E-state index in [1.165, 1.54) is 36.4 Å². The summed E-state index contributed by atoms with van der Waals surface area (Å²) in [6.45, 7) is 0. The van der Waals surface area contributed by atoms with Gasteiger partial charge in [0, 0.05) is 15.1 Å². The average molecular weight is 431 g/mol. The summed E-state index contributed by atoms with van der Waals surface area (Å²) < 4.78 is 42.0. The van der Waals surface area contributed by atoms with Crippen molar-refractivity contribution in [2.75, 3.05) is 0 Å². The van der Waals surface area contributed by atoms with Gasteiger partial charge in [-0.25, -0.2) is 4.68 Å². The maximum absolute atomic E-state index is 13.6. The number of nitrogens with zero attached hydrogens (tertiary/aromatic N) is 3. The van der Waals surface area contributed by atoms with Crippen LogP contribution in [0.3, 0.4) is 0 Å². The Kier molecular flexibility index (Phi) is 4.66. The van der Waals surface area contributed by atoms with Crippen molar-refractivity contribution in [1.82, 2.24) is 15.0 Å². The zero-order chi connectivity index (χ0) is 18.2. The molecule has 0 saturated carbocycles. The highest BCUT2D eigenvalue weighted by Crippen LogP contribution is 2.33. The van der Waals surface area contributed by atoms with Crippen LogP contribution in [0, 0.1) is 0 Å². The fraction of sp³-hybridized carbons (Fsp3) is 0.0625. The number of alkyl halides is 3. The largest absolute Gasteiger partial charge is 0.435 e. The Morgan fingerprint density at radius 1 is 1.04 bits per heavy atom. The van der Waals surface area contributed by atoms with E-state index in [0.29, 0.717) is 14.2 Å². The number of halogens is 5. The van der Waals surface area contributed by atoms with Gasteiger partial charge in [-0.3, -0.25) is 4.79 Å². The van der Waals surface area contributed by atoms with Crippen molar-refractivity contribution < 1.29 is 18.0 Å². The van der Waals surface area contributed by atoms with Gasteiger partial charge in [0.2, 0.25) is 5.78 Å². The number of ketones is 1. The minimum atomic E-state index is -4.82. The molecule has 4 nitrogen and oxygen atoms in total. The molecule has 128 valence electrons. The molecule has 0 unspecified atom stereocenters. The number of hydrogen-bond donors (Lipinski definition) is 0. The molecule has 0 aliphatic rings. The zero-order valence-electron chi connectivity index (χ0n) is 12.3. The van der Waals surface area contributed by atoms with E-state index in [4.69, 9.17) is 11.6 Å². The standard InChI is InChI=1S/C16H8BrClF3N3O/c17-10-3-1-9(2-4-10)14(25)13-15(16(19,20)21)24(23-22-13)12-7-5-11(18)6-8-12/h1-8H. The Morgan fingerprint density at radius 2 is 1.64 bits per heavy atom. The van der Waals surface area contributed by atoms with Gasteiger partial charge in [-0.05, 0) is 48.5 Å². The number of rotatable bonds is 3. The molecule has 2 aromatic carbocycles. The second-order valence-electron chi connectivity index (χ2n) is 5.01. The van der Waals surface area contributed by atoms with E-state index in [0.717, 1.165) is 0 Å². The summed E-state index contributed by atoms with van der Waals surface area (Å²) in [6.07, 6.45) is -4.82. The number of benzene rings is 2. The SMILES string of the molecule is O=C(c1ccc(Br)cc1)c1nnn(-c2ccc(Cl)cc2)c1C(F)(F)F. The highest BCUT2D eigenvalue weighted by atomic mass is 79.9. The highest BCUT2D eigenvalue weighted by molar-refractivity contribution is 9.10. The molecule has 0 saturated heterocycles. The minimum absolute atomic E-state index is 0.0804. The number of carbonyl (C=O) groups excluding carboxylic acids is 1. The number of aromatic nitrogens is 3. The van der Waals surface area contributed by atoms with E-state index in [9.17, 15) is 18.0 Å². The fourth-order valence-corrected chi connectivity index (χ4v) is 2.58. The molecule has 0 radical (unpaired) electrons. The zero-order valence-corrected chi connectivity index (χ0v) is 14.6. The van der Waals surface area contributed by atoms with Gasteiger partial charge in [0.15, 0.2) is 11.4 Å². The summed E-state index contributed by atoms with van der Waals surface area (Å²) >= 11 is 8.96. The van der Waals surface area contributed by atoms with Gasteiger partial charge in [-0.1, -0.05) is 32.7 Å². The summed E-state index contributed by atoms with van der Waals surface area (Å²) in [4.78, 5) is 12.5. The Labute approximate surface area is 153 Å². The van der Waals surface area contributed by atoms with E-state index in [1.54, 1.807) is 12.1 Å². The second-order valence-corrected chi connectivity index (χ2v) is 6.36. The first kappa shape index (κ1) is 17.6. The van der Waals surface area contributed by atoms with E-state index < -0.39 is 23.3 Å². The Hall–Kier alpha value is -2.19. The van der Waals surface area contributed by atoms with Gasteiger partial charge in [0.05, 0.1) is 5.69 Å². The molecule has 0 aliphatic heterocycles. The molecule has 25 heavy (non-hydrogen) atoms. The van der Waals surface area contributed by atoms with Crippen molar-refractivity contribution in [3.8, 4) is 5.69 Å². The number of carbonyl (C=O) groups is 1. The molecule has 3 aromatic rings. The van der Waals surface area contributed by atoms with E-state index in [-0.39, 0.29) is 11.3 Å². The van der Waals surface area contributed by atoms with Crippen LogP contribution in [-0.2, 0) is 6.18 Å². The molecular weight excluding hydrogens is 423 g/mol. The molecule has 0 atom stereocenters. The monoisotopic (exact) mass is 429 g/mol. The second kappa shape index (κ2) is 6.61. The summed E-state index contributed by atoms with van der Waals surface area (Å²) in [5.41, 5.74) is -1.82. The molecular formula is C16H8BrClF3N3O. The summed E-state index contributed by atoms with van der Waals surface area (Å²) in [6, 6.07) is 11.5. The van der Waals surface area contributed by atoms with Crippen LogP contribution in [-0.4, -0.2) is 20.8 Å². The molecule has 3 rings (SSSR count). The third-order valence-corrected chi connectivity index (χ3v) is 4.11. The van der Waals surface area contributed by atoms with Crippen molar-refractivity contribution in [1.29, 1.82) is 0 Å². The average Bonchev–Trinajstić information content (AvgIpc) is 3.01. The van der Waals surface area contributed by atoms with Gasteiger partial charge in [0.25, 0.3) is 0 Å². The van der Waals surface area contributed by atoms with Crippen LogP contribution in [0.1, 0.15) is 21.7 Å². The Morgan fingerprint density at radius 3 is 2.20 bits per heavy atom. The van der Waals surface area contributed by atoms with Crippen molar-refractivity contribution in [2.45, 2.75) is 6.18 Å². The molecule has 1 aromatic heterocycles. The number of hydrogen-bond acceptors (Lipinski definition) is 3. The Bertz CT molecular complexity index is 921. The van der Waals surface area contributed by atoms with Crippen LogP contribution in [0.15, 0.2) is 53.0 Å². The maximum Gasteiger partial charge on any atom is 0.435 e. The smallest absolute Gasteiger partial charge is 0.287 e. The van der Waals surface area contributed by atoms with Gasteiger partial charge >= 0.3 is 6.18 Å². The Balaban J connectivity index is 2.13. The summed E-state index contributed by atoms with van der Waals surface area (Å²) in [5, 5.41) is 7.36. The molecule has 1 heterocycles. The highest BCUT2D eigenvalue weighted by Gasteiger charge is 2.42. The van der Waals surface area contributed by atoms with E-state index in [1.807, 2.05) is 0 Å². The first-order valence-corrected chi connectivity index (χ1v) is 8.03. The normalized spacial score (nSPS) is 11.6. The van der Waals surface area contributed by atoms with Crippen LogP contribution in [0.25, 0.3) is 5.69 Å². The van der Waals surface area contributed by atoms with Crippen LogP contribution in [0.4, 0.5) is 13.2 Å². The molecule has 0 spiro atoms. The fourth-order valence-electron chi connectivity index (χ4n) is 2.19. The van der Waals surface area contributed by atoms with E-state index in [2.05, 4.69) is 26.2 Å². The first-order chi connectivity index (χ1) is 11.8. The maximum atomic E-state index is 13.6. The van der Waals surface area contributed by atoms with Crippen molar-refractivity contribution in [3.63, 3.8) is 0 Å². The third-order valence-electron chi connectivity index (χ3n) is 3.33. The van der Waals surface area contributed by atoms with Crippen molar-refractivity contribution >= 4 is 33.3 Å². The van der Waals surface area contributed by atoms with Gasteiger partial charge in [0.1, 0.15) is 0 Å². The lowest BCUT2D eigenvalue weighted by molar-refractivity contribution is -0.143. The van der Waals surface area contributed by atoms with Crippen molar-refractivity contribution in [3.05, 3.63) is 75.0 Å². The summed E-state index contributed by atoms with van der Waals surface area (Å²) in [7, 11) is 0. The minimum Gasteiger partial charge on any atom is -0.287 e. The molecule has 9 heteroatoms. The lowest BCUT2D eigenvalue weighted by atomic mass is 10.1. The molecule has 0 aliphatic carbocycles. The van der Waals surface area contributed by atoms with Crippen LogP contribution >= 0.6 is 27.5 Å². The van der Waals surface area contributed by atoms with Crippen LogP contribution in [0.5, 0.6) is 0 Å². The lowest BCUT2D eigenvalue weighted by Gasteiger charge is -2.11. The summed E-state index contributed by atoms with van der Waals surface area (Å²) in [5.74, 6) is -0.861. The van der Waals surface area contributed by atoms with E-state index >= 15 is 0 Å². The first-order valence-electron chi connectivity index (χ1n) is 6.86. The predicted molar refractivity (Wildman–Crippen MR) is 88.9 cm³/mol. The van der Waals surface area contributed by atoms with Gasteiger partial charge in [-0.15, -0.1) is 5.10 Å². The molecule has 0 N–H and O–H groups in total. The van der Waals surface area contributed by atoms with Crippen LogP contribution < -0.4 is 0 Å². The predicted octanol–water partition coefficient (Wildman–Crippen LogP) is 4.93. The van der Waals surface area contributed by atoms with Gasteiger partial charge in [-0.2, -0.15) is 13.2 Å². The van der Waals surface area contributed by atoms with Crippen molar-refractivity contribution in [2.24, 2.45) is 0 Å². The molecule has 0 amide bonds. The molecule has 0 bridgehead atoms. The topological polar surface area (TPSA) is 47.8 Å².